The highest BCUT2D eigenvalue weighted by molar-refractivity contribution is 7.98. The molecule has 1 aromatic heterocycles. The molecule has 5 rings (SSSR count). The molecule has 3 heterocycles. The fraction of sp³-hybridized carbons (Fsp3) is 0.308. The van der Waals surface area contributed by atoms with Crippen molar-refractivity contribution in [2.45, 2.75) is 36.5 Å². The van der Waals surface area contributed by atoms with E-state index in [1.807, 2.05) is 45.5 Å². The summed E-state index contributed by atoms with van der Waals surface area (Å²) in [6, 6.07) is 22.1. The van der Waals surface area contributed by atoms with Crippen molar-refractivity contribution < 1.29 is 4.79 Å². The van der Waals surface area contributed by atoms with E-state index in [-0.39, 0.29) is 17.4 Å². The Labute approximate surface area is 186 Å². The molecule has 2 aromatic carbocycles. The third-order valence-electron chi connectivity index (χ3n) is 6.39. The first-order valence-corrected chi connectivity index (χ1v) is 11.8. The predicted molar refractivity (Wildman–Crippen MR) is 125 cm³/mol. The number of aromatic nitrogens is 1. The van der Waals surface area contributed by atoms with Gasteiger partial charge >= 0.3 is 0 Å². The standard InChI is InChI=1S/C26H26N2O2S/c1-18-5-11-23(12-6-18)31-17-19-7-9-21(10-8-19)26(30)27-14-20-13-22(16-27)24-3-2-4-25(29)28(24)15-20/h2-12,20,22H,13-17H2,1H3. The minimum atomic E-state index is 0.0751. The normalized spacial score (nSPS) is 19.7. The van der Waals surface area contributed by atoms with Gasteiger partial charge in [0.05, 0.1) is 0 Å². The number of benzene rings is 2. The van der Waals surface area contributed by atoms with Crippen LogP contribution >= 0.6 is 11.8 Å². The number of likely N-dealkylation sites (tertiary alicyclic amines) is 1. The largest absolute Gasteiger partial charge is 0.338 e. The molecule has 31 heavy (non-hydrogen) atoms. The zero-order chi connectivity index (χ0) is 21.4. The Balaban J connectivity index is 1.25. The minimum Gasteiger partial charge on any atom is -0.338 e. The van der Waals surface area contributed by atoms with Gasteiger partial charge in [-0.05, 0) is 55.2 Å². The van der Waals surface area contributed by atoms with E-state index in [1.54, 1.807) is 6.07 Å². The second kappa shape index (κ2) is 8.39. The summed E-state index contributed by atoms with van der Waals surface area (Å²) in [7, 11) is 0. The third-order valence-corrected chi connectivity index (χ3v) is 7.48. The molecule has 158 valence electrons. The van der Waals surface area contributed by atoms with Gasteiger partial charge in [0, 0.05) is 53.5 Å². The van der Waals surface area contributed by atoms with Crippen molar-refractivity contribution in [3.05, 3.63) is 99.5 Å². The van der Waals surface area contributed by atoms with Crippen LogP contribution in [0.3, 0.4) is 0 Å². The van der Waals surface area contributed by atoms with Gasteiger partial charge in [-0.25, -0.2) is 0 Å². The zero-order valence-electron chi connectivity index (χ0n) is 17.7. The molecule has 0 spiro atoms. The van der Waals surface area contributed by atoms with Crippen LogP contribution in [0.2, 0.25) is 0 Å². The quantitative estimate of drug-likeness (QED) is 0.563. The highest BCUT2D eigenvalue weighted by atomic mass is 32.2. The summed E-state index contributed by atoms with van der Waals surface area (Å²) in [4.78, 5) is 28.6. The van der Waals surface area contributed by atoms with Gasteiger partial charge in [0.15, 0.2) is 0 Å². The van der Waals surface area contributed by atoms with E-state index >= 15 is 0 Å². The van der Waals surface area contributed by atoms with Gasteiger partial charge in [-0.2, -0.15) is 0 Å². The molecular weight excluding hydrogens is 404 g/mol. The summed E-state index contributed by atoms with van der Waals surface area (Å²) in [5, 5.41) is 0. The molecule has 1 saturated heterocycles. The minimum absolute atomic E-state index is 0.0751. The Hall–Kier alpha value is -2.79. The fourth-order valence-corrected chi connectivity index (χ4v) is 5.64. The number of aryl methyl sites for hydroxylation is 1. The molecule has 2 aliphatic heterocycles. The lowest BCUT2D eigenvalue weighted by Gasteiger charge is -2.42. The van der Waals surface area contributed by atoms with Crippen molar-refractivity contribution in [3.8, 4) is 0 Å². The van der Waals surface area contributed by atoms with E-state index in [4.69, 9.17) is 0 Å². The number of rotatable bonds is 4. The molecule has 4 nitrogen and oxygen atoms in total. The summed E-state index contributed by atoms with van der Waals surface area (Å²) in [6.45, 7) is 4.22. The number of piperidine rings is 1. The van der Waals surface area contributed by atoms with Gasteiger partial charge in [-0.15, -0.1) is 11.8 Å². The van der Waals surface area contributed by atoms with Gasteiger partial charge in [0.25, 0.3) is 11.5 Å². The van der Waals surface area contributed by atoms with E-state index in [1.165, 1.54) is 16.0 Å². The lowest BCUT2D eigenvalue weighted by atomic mass is 9.83. The Morgan fingerprint density at radius 3 is 2.52 bits per heavy atom. The molecular formula is C26H26N2O2S. The summed E-state index contributed by atoms with van der Waals surface area (Å²) in [5.41, 5.74) is 4.38. The smallest absolute Gasteiger partial charge is 0.253 e. The summed E-state index contributed by atoms with van der Waals surface area (Å²) < 4.78 is 1.90. The SMILES string of the molecule is Cc1ccc(SCc2ccc(C(=O)N3CC4CC(C3)c3cccc(=O)n3C4)cc2)cc1. The second-order valence-electron chi connectivity index (χ2n) is 8.71. The van der Waals surface area contributed by atoms with Crippen LogP contribution in [-0.2, 0) is 12.3 Å². The fourth-order valence-electron chi connectivity index (χ4n) is 4.79. The topological polar surface area (TPSA) is 42.3 Å². The molecule has 2 unspecified atom stereocenters. The van der Waals surface area contributed by atoms with Crippen LogP contribution in [0.1, 0.15) is 39.5 Å². The van der Waals surface area contributed by atoms with Crippen molar-refractivity contribution in [3.63, 3.8) is 0 Å². The lowest BCUT2D eigenvalue weighted by molar-refractivity contribution is 0.0594. The molecule has 3 aromatic rings. The van der Waals surface area contributed by atoms with E-state index in [2.05, 4.69) is 43.3 Å². The number of carbonyl (C=O) groups excluding carboxylic acids is 1. The predicted octanol–water partition coefficient (Wildman–Crippen LogP) is 4.71. The first kappa shape index (κ1) is 20.1. The van der Waals surface area contributed by atoms with Crippen molar-refractivity contribution >= 4 is 17.7 Å². The van der Waals surface area contributed by atoms with Crippen molar-refractivity contribution in [2.24, 2.45) is 5.92 Å². The molecule has 1 amide bonds. The summed E-state index contributed by atoms with van der Waals surface area (Å²) in [6.07, 6.45) is 1.06. The maximum atomic E-state index is 13.2. The zero-order valence-corrected chi connectivity index (χ0v) is 18.5. The van der Waals surface area contributed by atoms with Gasteiger partial charge in [-0.3, -0.25) is 9.59 Å². The van der Waals surface area contributed by atoms with E-state index < -0.39 is 0 Å². The maximum Gasteiger partial charge on any atom is 0.253 e. The Morgan fingerprint density at radius 1 is 0.968 bits per heavy atom. The lowest BCUT2D eigenvalue weighted by Crippen LogP contribution is -2.49. The molecule has 0 saturated carbocycles. The number of amides is 1. The van der Waals surface area contributed by atoms with Crippen LogP contribution in [0, 0.1) is 12.8 Å². The van der Waals surface area contributed by atoms with Gasteiger partial charge < -0.3 is 9.47 Å². The summed E-state index contributed by atoms with van der Waals surface area (Å²) in [5.74, 6) is 1.58. The Kier molecular flexibility index (Phi) is 5.45. The van der Waals surface area contributed by atoms with Crippen LogP contribution < -0.4 is 5.56 Å². The molecule has 1 fully saturated rings. The molecule has 5 heteroatoms. The van der Waals surface area contributed by atoms with Crippen molar-refractivity contribution in [2.75, 3.05) is 13.1 Å². The monoisotopic (exact) mass is 430 g/mol. The summed E-state index contributed by atoms with van der Waals surface area (Å²) >= 11 is 1.81. The average Bonchev–Trinajstić information content (AvgIpc) is 2.79. The van der Waals surface area contributed by atoms with Gasteiger partial charge in [0.2, 0.25) is 0 Å². The van der Waals surface area contributed by atoms with Crippen molar-refractivity contribution in [1.29, 1.82) is 0 Å². The van der Waals surface area contributed by atoms with Crippen molar-refractivity contribution in [1.82, 2.24) is 9.47 Å². The molecule has 0 N–H and O–H groups in total. The third kappa shape index (κ3) is 4.19. The highest BCUT2D eigenvalue weighted by Crippen LogP contribution is 2.35. The number of carbonyl (C=O) groups is 1. The molecule has 0 aliphatic carbocycles. The van der Waals surface area contributed by atoms with Crippen LogP contribution in [0.4, 0.5) is 0 Å². The van der Waals surface area contributed by atoms with Crippen LogP contribution in [-0.4, -0.2) is 28.5 Å². The molecule has 2 atom stereocenters. The van der Waals surface area contributed by atoms with Crippen LogP contribution in [0.25, 0.3) is 0 Å². The first-order chi connectivity index (χ1) is 15.1. The molecule has 2 bridgehead atoms. The van der Waals surface area contributed by atoms with Crippen LogP contribution in [0.15, 0.2) is 76.4 Å². The number of hydrogen-bond donors (Lipinski definition) is 0. The first-order valence-electron chi connectivity index (χ1n) is 10.8. The molecule has 0 radical (unpaired) electrons. The maximum absolute atomic E-state index is 13.2. The number of pyridine rings is 1. The number of hydrogen-bond acceptors (Lipinski definition) is 3. The number of thioether (sulfide) groups is 1. The van der Waals surface area contributed by atoms with E-state index in [9.17, 15) is 9.59 Å². The number of nitrogens with zero attached hydrogens (tertiary/aromatic N) is 2. The Bertz CT molecular complexity index is 1150. The second-order valence-corrected chi connectivity index (χ2v) is 9.76. The Morgan fingerprint density at radius 2 is 1.74 bits per heavy atom. The van der Waals surface area contributed by atoms with E-state index in [0.29, 0.717) is 19.0 Å². The van der Waals surface area contributed by atoms with Crippen LogP contribution in [0.5, 0.6) is 0 Å². The van der Waals surface area contributed by atoms with E-state index in [0.717, 1.165) is 30.0 Å². The van der Waals surface area contributed by atoms with Gasteiger partial charge in [0.1, 0.15) is 0 Å². The molecule has 2 aliphatic rings. The van der Waals surface area contributed by atoms with Gasteiger partial charge in [-0.1, -0.05) is 35.9 Å². The average molecular weight is 431 g/mol. The highest BCUT2D eigenvalue weighted by Gasteiger charge is 2.36. The number of fused-ring (bicyclic) bond motifs is 4.